The average molecular weight is 225 g/mol. The van der Waals surface area contributed by atoms with E-state index < -0.39 is 18.0 Å². The fourth-order valence-electron chi connectivity index (χ4n) is 1.18. The minimum absolute atomic E-state index is 0.266. The maximum atomic E-state index is 11.1. The molecule has 16 heavy (non-hydrogen) atoms. The molecule has 0 aliphatic carbocycles. The number of hydrogen-bond acceptors (Lipinski definition) is 5. The number of rotatable bonds is 3. The number of nitrogens with two attached hydrogens (primary N) is 1. The van der Waals surface area contributed by atoms with Gasteiger partial charge >= 0.3 is 11.9 Å². The fraction of sp³-hybridized carbons (Fsp3) is 0.200. The number of aromatic carboxylic acids is 1. The Bertz CT molecular complexity index is 429. The van der Waals surface area contributed by atoms with Crippen LogP contribution in [0.25, 0.3) is 0 Å². The van der Waals surface area contributed by atoms with Crippen LogP contribution in [0.4, 0.5) is 0 Å². The van der Waals surface area contributed by atoms with Gasteiger partial charge in [0.25, 0.3) is 0 Å². The highest BCUT2D eigenvalue weighted by Gasteiger charge is 2.19. The van der Waals surface area contributed by atoms with E-state index in [2.05, 4.69) is 4.74 Å². The van der Waals surface area contributed by atoms with Crippen LogP contribution in [0.2, 0.25) is 0 Å². The van der Waals surface area contributed by atoms with Crippen molar-refractivity contribution in [3.8, 4) is 5.75 Å². The molecular formula is C10H11NO5. The fourth-order valence-corrected chi connectivity index (χ4v) is 1.18. The van der Waals surface area contributed by atoms with Crippen molar-refractivity contribution in [2.45, 2.75) is 6.04 Å². The van der Waals surface area contributed by atoms with Gasteiger partial charge in [-0.2, -0.15) is 0 Å². The molecule has 1 rings (SSSR count). The van der Waals surface area contributed by atoms with E-state index >= 15 is 0 Å². The third-order valence-corrected chi connectivity index (χ3v) is 2.07. The van der Waals surface area contributed by atoms with Crippen molar-refractivity contribution < 1.29 is 24.5 Å². The van der Waals surface area contributed by atoms with Crippen LogP contribution < -0.4 is 5.73 Å². The highest BCUT2D eigenvalue weighted by atomic mass is 16.5. The van der Waals surface area contributed by atoms with Crippen LogP contribution in [0.15, 0.2) is 18.2 Å². The monoisotopic (exact) mass is 225 g/mol. The van der Waals surface area contributed by atoms with Gasteiger partial charge in [0.1, 0.15) is 17.4 Å². The molecule has 0 saturated heterocycles. The maximum Gasteiger partial charge on any atom is 0.339 e. The molecule has 0 aromatic heterocycles. The predicted molar refractivity (Wildman–Crippen MR) is 54.0 cm³/mol. The second-order valence-electron chi connectivity index (χ2n) is 3.08. The molecule has 4 N–H and O–H groups in total. The number of phenols is 1. The number of ether oxygens (including phenoxy) is 1. The number of carboxylic acids is 1. The van der Waals surface area contributed by atoms with E-state index in [1.165, 1.54) is 19.2 Å². The van der Waals surface area contributed by atoms with Gasteiger partial charge in [-0.1, -0.05) is 6.07 Å². The quantitative estimate of drug-likeness (QED) is 0.636. The average Bonchev–Trinajstić information content (AvgIpc) is 2.27. The highest BCUT2D eigenvalue weighted by Crippen LogP contribution is 2.22. The Balaban J connectivity index is 3.12. The Morgan fingerprint density at radius 2 is 2.06 bits per heavy atom. The minimum Gasteiger partial charge on any atom is -0.507 e. The van der Waals surface area contributed by atoms with Gasteiger partial charge in [-0.15, -0.1) is 0 Å². The van der Waals surface area contributed by atoms with Gasteiger partial charge in [-0.05, 0) is 17.7 Å². The summed E-state index contributed by atoms with van der Waals surface area (Å²) in [6.07, 6.45) is 0. The molecule has 0 bridgehead atoms. The zero-order valence-corrected chi connectivity index (χ0v) is 8.51. The van der Waals surface area contributed by atoms with Crippen LogP contribution in [0.3, 0.4) is 0 Å². The van der Waals surface area contributed by atoms with Crippen molar-refractivity contribution in [1.29, 1.82) is 0 Å². The van der Waals surface area contributed by atoms with Gasteiger partial charge in [0.2, 0.25) is 0 Å². The Labute approximate surface area is 91.3 Å². The van der Waals surface area contributed by atoms with Crippen LogP contribution in [-0.4, -0.2) is 29.3 Å². The molecule has 0 heterocycles. The topological polar surface area (TPSA) is 110 Å². The second kappa shape index (κ2) is 4.63. The molecule has 0 unspecified atom stereocenters. The SMILES string of the molecule is COC(=O)[C@H](N)c1ccc(O)c(C(=O)O)c1. The number of carbonyl (C=O) groups excluding carboxylic acids is 1. The molecule has 0 aliphatic heterocycles. The third kappa shape index (κ3) is 2.29. The van der Waals surface area contributed by atoms with Gasteiger partial charge < -0.3 is 20.7 Å². The molecule has 0 saturated carbocycles. The Morgan fingerprint density at radius 3 is 2.56 bits per heavy atom. The summed E-state index contributed by atoms with van der Waals surface area (Å²) in [7, 11) is 1.18. The van der Waals surface area contributed by atoms with E-state index in [4.69, 9.17) is 10.8 Å². The lowest BCUT2D eigenvalue weighted by molar-refractivity contribution is -0.142. The van der Waals surface area contributed by atoms with E-state index in [0.29, 0.717) is 0 Å². The Kier molecular flexibility index (Phi) is 3.47. The summed E-state index contributed by atoms with van der Waals surface area (Å²) in [5, 5.41) is 18.0. The van der Waals surface area contributed by atoms with Gasteiger partial charge in [0, 0.05) is 0 Å². The molecule has 1 aromatic rings. The van der Waals surface area contributed by atoms with Gasteiger partial charge in [0.05, 0.1) is 7.11 Å². The Hall–Kier alpha value is -2.08. The minimum atomic E-state index is -1.29. The predicted octanol–water partition coefficient (Wildman–Crippen LogP) is 0.263. The lowest BCUT2D eigenvalue weighted by atomic mass is 10.0. The first-order valence-electron chi connectivity index (χ1n) is 4.37. The summed E-state index contributed by atoms with van der Waals surface area (Å²) in [6.45, 7) is 0. The largest absolute Gasteiger partial charge is 0.507 e. The first kappa shape index (κ1) is 12.0. The molecule has 0 amide bonds. The van der Waals surface area contributed by atoms with Crippen molar-refractivity contribution in [1.82, 2.24) is 0 Å². The van der Waals surface area contributed by atoms with E-state index in [0.717, 1.165) is 6.07 Å². The first-order chi connectivity index (χ1) is 7.47. The molecular weight excluding hydrogens is 214 g/mol. The maximum absolute atomic E-state index is 11.1. The lowest BCUT2D eigenvalue weighted by Crippen LogP contribution is -2.22. The number of methoxy groups -OCH3 is 1. The van der Waals surface area contributed by atoms with E-state index in [-0.39, 0.29) is 16.9 Å². The third-order valence-electron chi connectivity index (χ3n) is 2.07. The molecule has 0 spiro atoms. The summed E-state index contributed by atoms with van der Waals surface area (Å²) in [6, 6.07) is 2.60. The molecule has 6 nitrogen and oxygen atoms in total. The van der Waals surface area contributed by atoms with Crippen LogP contribution in [0.5, 0.6) is 5.75 Å². The molecule has 1 aromatic carbocycles. The molecule has 1 atom stereocenters. The smallest absolute Gasteiger partial charge is 0.339 e. The first-order valence-corrected chi connectivity index (χ1v) is 4.37. The number of carboxylic acid groups (broad SMARTS) is 1. The van der Waals surface area contributed by atoms with Crippen LogP contribution in [0, 0.1) is 0 Å². The number of esters is 1. The number of carbonyl (C=O) groups is 2. The zero-order valence-electron chi connectivity index (χ0n) is 8.51. The van der Waals surface area contributed by atoms with Crippen molar-refractivity contribution in [2.24, 2.45) is 5.73 Å². The van der Waals surface area contributed by atoms with Crippen LogP contribution in [-0.2, 0) is 9.53 Å². The summed E-state index contributed by atoms with van der Waals surface area (Å²) in [5.74, 6) is -2.35. The number of benzene rings is 1. The molecule has 86 valence electrons. The standard InChI is InChI=1S/C10H11NO5/c1-16-10(15)8(11)5-2-3-7(12)6(4-5)9(13)14/h2-4,8,12H,11H2,1H3,(H,13,14)/t8-/m1/s1. The van der Waals surface area contributed by atoms with Gasteiger partial charge in [0.15, 0.2) is 0 Å². The van der Waals surface area contributed by atoms with E-state index in [1.54, 1.807) is 0 Å². The van der Waals surface area contributed by atoms with E-state index in [9.17, 15) is 14.7 Å². The second-order valence-corrected chi connectivity index (χ2v) is 3.08. The van der Waals surface area contributed by atoms with Crippen molar-refractivity contribution in [3.63, 3.8) is 0 Å². The summed E-state index contributed by atoms with van der Waals surface area (Å²) in [5.41, 5.74) is 5.48. The van der Waals surface area contributed by atoms with Crippen molar-refractivity contribution in [3.05, 3.63) is 29.3 Å². The summed E-state index contributed by atoms with van der Waals surface area (Å²) >= 11 is 0. The summed E-state index contributed by atoms with van der Waals surface area (Å²) < 4.78 is 4.42. The highest BCUT2D eigenvalue weighted by molar-refractivity contribution is 5.91. The Morgan fingerprint density at radius 1 is 1.44 bits per heavy atom. The number of aromatic hydroxyl groups is 1. The van der Waals surface area contributed by atoms with Gasteiger partial charge in [-0.3, -0.25) is 4.79 Å². The molecule has 0 fully saturated rings. The normalized spacial score (nSPS) is 11.9. The molecule has 0 aliphatic rings. The molecule has 0 radical (unpaired) electrons. The van der Waals surface area contributed by atoms with Crippen molar-refractivity contribution >= 4 is 11.9 Å². The lowest BCUT2D eigenvalue weighted by Gasteiger charge is -2.10. The van der Waals surface area contributed by atoms with E-state index in [1.807, 2.05) is 0 Å². The zero-order chi connectivity index (χ0) is 12.3. The van der Waals surface area contributed by atoms with Crippen molar-refractivity contribution in [2.75, 3.05) is 7.11 Å². The number of hydrogen-bond donors (Lipinski definition) is 3. The van der Waals surface area contributed by atoms with Gasteiger partial charge in [-0.25, -0.2) is 4.79 Å². The molecule has 6 heteroatoms. The van der Waals surface area contributed by atoms with Crippen LogP contribution in [0.1, 0.15) is 22.0 Å². The summed E-state index contributed by atoms with van der Waals surface area (Å²) in [4.78, 5) is 21.8. The van der Waals surface area contributed by atoms with Crippen LogP contribution >= 0.6 is 0 Å².